The van der Waals surface area contributed by atoms with E-state index in [1.54, 1.807) is 28.0 Å². The van der Waals surface area contributed by atoms with Gasteiger partial charge in [-0.3, -0.25) is 4.79 Å². The van der Waals surface area contributed by atoms with Crippen molar-refractivity contribution in [2.24, 2.45) is 0 Å². The zero-order valence-corrected chi connectivity index (χ0v) is 19.2. The molecule has 0 bridgehead atoms. The van der Waals surface area contributed by atoms with Crippen molar-refractivity contribution >= 4 is 62.3 Å². The molecule has 162 valence electrons. The molecule has 2 heterocycles. The number of urea groups is 1. The molecular weight excluding hydrogens is 457 g/mol. The van der Waals surface area contributed by atoms with Crippen molar-refractivity contribution in [2.75, 3.05) is 38.1 Å². The Morgan fingerprint density at radius 3 is 2.39 bits per heavy atom. The van der Waals surface area contributed by atoms with Crippen LogP contribution in [0.15, 0.2) is 42.5 Å². The summed E-state index contributed by atoms with van der Waals surface area (Å²) in [6, 6.07) is 12.5. The Hall–Kier alpha value is -2.48. The Morgan fingerprint density at radius 1 is 1.03 bits per heavy atom. The lowest BCUT2D eigenvalue weighted by Crippen LogP contribution is -2.51. The molecule has 0 atom stereocenters. The lowest BCUT2D eigenvalue weighted by molar-refractivity contribution is 0.0676. The van der Waals surface area contributed by atoms with Crippen molar-refractivity contribution < 1.29 is 14.3 Å². The van der Waals surface area contributed by atoms with Gasteiger partial charge in [-0.05, 0) is 43.3 Å². The highest BCUT2D eigenvalue weighted by molar-refractivity contribution is 7.21. The van der Waals surface area contributed by atoms with Gasteiger partial charge in [0.2, 0.25) is 0 Å². The Kier molecular flexibility index (Phi) is 6.55. The zero-order chi connectivity index (χ0) is 22.0. The van der Waals surface area contributed by atoms with E-state index in [4.69, 9.17) is 27.9 Å². The van der Waals surface area contributed by atoms with Gasteiger partial charge in [-0.1, -0.05) is 29.3 Å². The molecule has 1 aliphatic heterocycles. The van der Waals surface area contributed by atoms with E-state index in [0.29, 0.717) is 53.4 Å². The average Bonchev–Trinajstić information content (AvgIpc) is 3.10. The minimum Gasteiger partial charge on any atom is -0.494 e. The van der Waals surface area contributed by atoms with Crippen LogP contribution in [0.3, 0.4) is 0 Å². The lowest BCUT2D eigenvalue weighted by atomic mass is 10.2. The molecule has 6 nitrogen and oxygen atoms in total. The van der Waals surface area contributed by atoms with E-state index in [1.165, 1.54) is 11.3 Å². The van der Waals surface area contributed by atoms with E-state index in [0.717, 1.165) is 15.8 Å². The van der Waals surface area contributed by atoms with Crippen molar-refractivity contribution in [1.29, 1.82) is 0 Å². The highest BCUT2D eigenvalue weighted by Gasteiger charge is 2.28. The number of anilines is 1. The van der Waals surface area contributed by atoms with Gasteiger partial charge in [0.15, 0.2) is 0 Å². The molecule has 1 fully saturated rings. The minimum absolute atomic E-state index is 0.117. The number of ether oxygens (including phenoxy) is 1. The predicted octanol–water partition coefficient (Wildman–Crippen LogP) is 5.60. The fourth-order valence-electron chi connectivity index (χ4n) is 3.44. The molecule has 4 rings (SSSR count). The van der Waals surface area contributed by atoms with Crippen molar-refractivity contribution in [2.45, 2.75) is 6.92 Å². The quantitative estimate of drug-likeness (QED) is 0.531. The van der Waals surface area contributed by atoms with Gasteiger partial charge in [-0.25, -0.2) is 4.79 Å². The molecule has 3 amide bonds. The van der Waals surface area contributed by atoms with Crippen LogP contribution < -0.4 is 10.1 Å². The van der Waals surface area contributed by atoms with Crippen molar-refractivity contribution in [3.63, 3.8) is 0 Å². The largest absolute Gasteiger partial charge is 0.494 e. The molecule has 9 heteroatoms. The number of rotatable bonds is 4. The molecule has 0 unspecified atom stereocenters. The van der Waals surface area contributed by atoms with Gasteiger partial charge in [0.25, 0.3) is 5.91 Å². The van der Waals surface area contributed by atoms with E-state index in [1.807, 2.05) is 31.2 Å². The molecule has 1 N–H and O–H groups in total. The van der Waals surface area contributed by atoms with E-state index in [-0.39, 0.29) is 11.9 Å². The van der Waals surface area contributed by atoms with Crippen LogP contribution in [0, 0.1) is 0 Å². The summed E-state index contributed by atoms with van der Waals surface area (Å²) < 4.78 is 6.29. The SMILES string of the molecule is CCOc1ccc(NC(=O)N2CCN(C(=O)c3sc4cc(Cl)ccc4c3Cl)CC2)cc1. The minimum atomic E-state index is -0.189. The fraction of sp³-hybridized carbons (Fsp3) is 0.273. The monoisotopic (exact) mass is 477 g/mol. The summed E-state index contributed by atoms with van der Waals surface area (Å²) in [4.78, 5) is 29.5. The number of benzene rings is 2. The molecule has 1 aliphatic rings. The molecule has 0 spiro atoms. The third kappa shape index (κ3) is 4.74. The average molecular weight is 478 g/mol. The van der Waals surface area contributed by atoms with Crippen LogP contribution >= 0.6 is 34.5 Å². The third-order valence-corrected chi connectivity index (χ3v) is 6.94. The second kappa shape index (κ2) is 9.34. The number of carbonyl (C=O) groups excluding carboxylic acids is 2. The fourth-order valence-corrected chi connectivity index (χ4v) is 5.19. The summed E-state index contributed by atoms with van der Waals surface area (Å²) in [5.41, 5.74) is 0.697. The number of fused-ring (bicyclic) bond motifs is 1. The molecule has 1 saturated heterocycles. The Bertz CT molecular complexity index is 1110. The number of hydrogen-bond donors (Lipinski definition) is 1. The summed E-state index contributed by atoms with van der Waals surface area (Å²) in [5.74, 6) is 0.642. The maximum Gasteiger partial charge on any atom is 0.321 e. The van der Waals surface area contributed by atoms with Gasteiger partial charge in [0.05, 0.1) is 11.6 Å². The van der Waals surface area contributed by atoms with Gasteiger partial charge >= 0.3 is 6.03 Å². The van der Waals surface area contributed by atoms with E-state index in [9.17, 15) is 9.59 Å². The van der Waals surface area contributed by atoms with Crippen LogP contribution in [0.25, 0.3) is 10.1 Å². The maximum absolute atomic E-state index is 13.0. The maximum atomic E-state index is 13.0. The van der Waals surface area contributed by atoms with Crippen LogP contribution in [-0.4, -0.2) is 54.5 Å². The molecule has 1 aromatic heterocycles. The van der Waals surface area contributed by atoms with Gasteiger partial charge in [0.1, 0.15) is 10.6 Å². The number of carbonyl (C=O) groups is 2. The van der Waals surface area contributed by atoms with Crippen LogP contribution in [0.2, 0.25) is 10.0 Å². The van der Waals surface area contributed by atoms with Gasteiger partial charge in [-0.15, -0.1) is 11.3 Å². The first-order valence-electron chi connectivity index (χ1n) is 9.92. The number of hydrogen-bond acceptors (Lipinski definition) is 4. The highest BCUT2D eigenvalue weighted by atomic mass is 35.5. The predicted molar refractivity (Wildman–Crippen MR) is 126 cm³/mol. The first kappa shape index (κ1) is 21.7. The smallest absolute Gasteiger partial charge is 0.321 e. The Labute approximate surface area is 194 Å². The van der Waals surface area contributed by atoms with Crippen LogP contribution in [-0.2, 0) is 0 Å². The number of amides is 3. The molecule has 0 saturated carbocycles. The number of halogens is 2. The Morgan fingerprint density at radius 2 is 1.71 bits per heavy atom. The summed E-state index contributed by atoms with van der Waals surface area (Å²) in [7, 11) is 0. The molecule has 3 aromatic rings. The zero-order valence-electron chi connectivity index (χ0n) is 16.9. The first-order chi connectivity index (χ1) is 15.0. The molecule has 0 radical (unpaired) electrons. The normalized spacial score (nSPS) is 14.0. The third-order valence-electron chi connectivity index (χ3n) is 5.06. The van der Waals surface area contributed by atoms with Crippen LogP contribution in [0.5, 0.6) is 5.75 Å². The number of piperazine rings is 1. The lowest BCUT2D eigenvalue weighted by Gasteiger charge is -2.34. The summed E-state index contributed by atoms with van der Waals surface area (Å²) in [6.07, 6.45) is 0. The molecular formula is C22H21Cl2N3O3S. The van der Waals surface area contributed by atoms with E-state index in [2.05, 4.69) is 5.32 Å². The summed E-state index contributed by atoms with van der Waals surface area (Å²) >= 11 is 13.9. The van der Waals surface area contributed by atoms with Crippen LogP contribution in [0.4, 0.5) is 10.5 Å². The van der Waals surface area contributed by atoms with Crippen molar-refractivity contribution in [1.82, 2.24) is 9.80 Å². The number of thiophene rings is 1. The molecule has 0 aliphatic carbocycles. The standard InChI is InChI=1S/C22H21Cl2N3O3S/c1-2-30-16-6-4-15(5-7-16)25-22(29)27-11-9-26(10-12-27)21(28)20-19(24)17-8-3-14(23)13-18(17)31-20/h3-8,13H,2,9-12H2,1H3,(H,25,29). The summed E-state index contributed by atoms with van der Waals surface area (Å²) in [6.45, 7) is 4.30. The van der Waals surface area contributed by atoms with Gasteiger partial charge < -0.3 is 19.9 Å². The van der Waals surface area contributed by atoms with E-state index < -0.39 is 0 Å². The van der Waals surface area contributed by atoms with Crippen LogP contribution in [0.1, 0.15) is 16.6 Å². The van der Waals surface area contributed by atoms with Gasteiger partial charge in [-0.2, -0.15) is 0 Å². The second-order valence-corrected chi connectivity index (χ2v) is 8.92. The van der Waals surface area contributed by atoms with E-state index >= 15 is 0 Å². The molecule has 31 heavy (non-hydrogen) atoms. The number of nitrogens with zero attached hydrogens (tertiary/aromatic N) is 2. The Balaban J connectivity index is 1.36. The van der Waals surface area contributed by atoms with Crippen molar-refractivity contribution in [3.8, 4) is 5.75 Å². The van der Waals surface area contributed by atoms with Gasteiger partial charge in [0, 0.05) is 47.0 Å². The summed E-state index contributed by atoms with van der Waals surface area (Å²) in [5, 5.41) is 4.78. The highest BCUT2D eigenvalue weighted by Crippen LogP contribution is 2.37. The number of nitrogens with one attached hydrogen (secondary N) is 1. The molecule has 2 aromatic carbocycles. The van der Waals surface area contributed by atoms with Crippen molar-refractivity contribution in [3.05, 3.63) is 57.4 Å². The second-order valence-electron chi connectivity index (χ2n) is 7.05. The topological polar surface area (TPSA) is 61.9 Å². The first-order valence-corrected chi connectivity index (χ1v) is 11.5.